The Morgan fingerprint density at radius 3 is 2.43 bits per heavy atom. The van der Waals surface area contributed by atoms with E-state index in [0.717, 1.165) is 4.90 Å². The molecule has 1 aliphatic rings. The fraction of sp³-hybridized carbons (Fsp3) is 0.692. The van der Waals surface area contributed by atoms with Gasteiger partial charge < -0.3 is 4.90 Å². The van der Waals surface area contributed by atoms with Crippen LogP contribution < -0.4 is 22.5 Å². The SMILES string of the molecule is CCCC1C(=O)N(CC(C)C(=O)NN)C(=O)N1CCC(=O)NN. The van der Waals surface area contributed by atoms with Gasteiger partial charge in [-0.15, -0.1) is 0 Å². The predicted octanol–water partition coefficient (Wildman–Crippen LogP) is -1.57. The van der Waals surface area contributed by atoms with Crippen LogP contribution in [0.4, 0.5) is 4.79 Å². The van der Waals surface area contributed by atoms with Gasteiger partial charge in [0, 0.05) is 19.5 Å². The lowest BCUT2D eigenvalue weighted by molar-refractivity contribution is -0.130. The number of rotatable bonds is 8. The summed E-state index contributed by atoms with van der Waals surface area (Å²) < 4.78 is 0. The van der Waals surface area contributed by atoms with Crippen molar-refractivity contribution in [1.29, 1.82) is 0 Å². The van der Waals surface area contributed by atoms with E-state index in [2.05, 4.69) is 0 Å². The van der Waals surface area contributed by atoms with Gasteiger partial charge in [-0.05, 0) is 6.42 Å². The third kappa shape index (κ3) is 4.39. The van der Waals surface area contributed by atoms with Crippen molar-refractivity contribution in [1.82, 2.24) is 20.7 Å². The highest BCUT2D eigenvalue weighted by Crippen LogP contribution is 2.22. The van der Waals surface area contributed by atoms with Crippen molar-refractivity contribution in [3.63, 3.8) is 0 Å². The Labute approximate surface area is 134 Å². The monoisotopic (exact) mass is 328 g/mol. The van der Waals surface area contributed by atoms with Crippen molar-refractivity contribution in [2.45, 2.75) is 39.2 Å². The lowest BCUT2D eigenvalue weighted by Crippen LogP contribution is -2.43. The molecule has 1 aliphatic heterocycles. The maximum absolute atomic E-state index is 12.5. The summed E-state index contributed by atoms with van der Waals surface area (Å²) in [5.74, 6) is 8.21. The van der Waals surface area contributed by atoms with Gasteiger partial charge in [0.25, 0.3) is 5.91 Å². The quantitative estimate of drug-likeness (QED) is 0.183. The van der Waals surface area contributed by atoms with Crippen LogP contribution in [-0.4, -0.2) is 52.7 Å². The van der Waals surface area contributed by atoms with E-state index in [1.54, 1.807) is 6.92 Å². The summed E-state index contributed by atoms with van der Waals surface area (Å²) in [5, 5.41) is 0. The maximum Gasteiger partial charge on any atom is 0.327 e. The van der Waals surface area contributed by atoms with Crippen molar-refractivity contribution >= 4 is 23.8 Å². The molecule has 1 saturated heterocycles. The first-order chi connectivity index (χ1) is 10.9. The highest BCUT2D eigenvalue weighted by molar-refractivity contribution is 6.04. The van der Waals surface area contributed by atoms with Crippen molar-refractivity contribution in [2.75, 3.05) is 13.1 Å². The molecule has 2 unspecified atom stereocenters. The molecule has 0 aromatic heterocycles. The molecule has 23 heavy (non-hydrogen) atoms. The van der Waals surface area contributed by atoms with Gasteiger partial charge in [0.1, 0.15) is 6.04 Å². The molecule has 6 N–H and O–H groups in total. The number of nitrogens with zero attached hydrogens (tertiary/aromatic N) is 2. The molecule has 1 heterocycles. The lowest BCUT2D eigenvalue weighted by Gasteiger charge is -2.21. The normalized spacial score (nSPS) is 19.0. The van der Waals surface area contributed by atoms with E-state index in [1.807, 2.05) is 17.8 Å². The van der Waals surface area contributed by atoms with Gasteiger partial charge in [-0.25, -0.2) is 16.5 Å². The molecule has 0 bridgehead atoms. The molecule has 0 spiro atoms. The number of hydrazine groups is 2. The third-order valence-corrected chi connectivity index (χ3v) is 3.75. The molecular weight excluding hydrogens is 304 g/mol. The smallest absolute Gasteiger partial charge is 0.312 e. The van der Waals surface area contributed by atoms with E-state index < -0.39 is 29.8 Å². The van der Waals surface area contributed by atoms with Crippen LogP contribution in [0.15, 0.2) is 0 Å². The Morgan fingerprint density at radius 1 is 1.26 bits per heavy atom. The molecule has 5 amide bonds. The summed E-state index contributed by atoms with van der Waals surface area (Å²) in [4.78, 5) is 50.1. The van der Waals surface area contributed by atoms with Crippen LogP contribution in [-0.2, 0) is 14.4 Å². The summed E-state index contributed by atoms with van der Waals surface area (Å²) in [6.45, 7) is 3.50. The number of amides is 5. The Morgan fingerprint density at radius 2 is 1.91 bits per heavy atom. The maximum atomic E-state index is 12.5. The molecule has 10 heteroatoms. The van der Waals surface area contributed by atoms with Crippen molar-refractivity contribution in [3.8, 4) is 0 Å². The number of carbonyl (C=O) groups is 4. The van der Waals surface area contributed by atoms with Gasteiger partial charge in [-0.1, -0.05) is 20.3 Å². The van der Waals surface area contributed by atoms with Gasteiger partial charge in [0.2, 0.25) is 11.8 Å². The number of nitrogens with one attached hydrogen (secondary N) is 2. The summed E-state index contributed by atoms with van der Waals surface area (Å²) in [6, 6.07) is -1.12. The van der Waals surface area contributed by atoms with E-state index in [1.165, 1.54) is 4.90 Å². The fourth-order valence-electron chi connectivity index (χ4n) is 2.46. The standard InChI is InChI=1S/C13H24N6O4/c1-3-4-9-12(22)19(7-8(2)11(21)17-15)13(23)18(9)6-5-10(20)16-14/h8-9H,3-7,14-15H2,1-2H3,(H,16,20)(H,17,21). The van der Waals surface area contributed by atoms with E-state index in [4.69, 9.17) is 11.7 Å². The molecule has 0 aromatic carbocycles. The molecule has 0 radical (unpaired) electrons. The molecule has 1 fully saturated rings. The Bertz CT molecular complexity index is 483. The van der Waals surface area contributed by atoms with E-state index >= 15 is 0 Å². The highest BCUT2D eigenvalue weighted by Gasteiger charge is 2.44. The molecule has 0 saturated carbocycles. The van der Waals surface area contributed by atoms with Crippen LogP contribution in [0.1, 0.15) is 33.1 Å². The summed E-state index contributed by atoms with van der Waals surface area (Å²) >= 11 is 0. The lowest BCUT2D eigenvalue weighted by atomic mass is 10.1. The number of hydrogen-bond acceptors (Lipinski definition) is 6. The molecule has 130 valence electrons. The van der Waals surface area contributed by atoms with Gasteiger partial charge in [0.05, 0.1) is 5.92 Å². The van der Waals surface area contributed by atoms with Crippen molar-refractivity contribution < 1.29 is 19.2 Å². The molecule has 0 aromatic rings. The van der Waals surface area contributed by atoms with Crippen LogP contribution in [0, 0.1) is 5.92 Å². The zero-order valence-electron chi connectivity index (χ0n) is 13.4. The van der Waals surface area contributed by atoms with Gasteiger partial charge in [-0.3, -0.25) is 30.1 Å². The molecule has 10 nitrogen and oxygen atoms in total. The first-order valence-electron chi connectivity index (χ1n) is 7.49. The van der Waals surface area contributed by atoms with Gasteiger partial charge in [0.15, 0.2) is 0 Å². The Balaban J connectivity index is 2.85. The average molecular weight is 328 g/mol. The van der Waals surface area contributed by atoms with Gasteiger partial charge >= 0.3 is 6.03 Å². The molecule has 2 atom stereocenters. The summed E-state index contributed by atoms with van der Waals surface area (Å²) in [5.41, 5.74) is 3.98. The van der Waals surface area contributed by atoms with Crippen LogP contribution >= 0.6 is 0 Å². The van der Waals surface area contributed by atoms with Crippen LogP contribution in [0.3, 0.4) is 0 Å². The van der Waals surface area contributed by atoms with Crippen molar-refractivity contribution in [3.05, 3.63) is 0 Å². The number of carbonyl (C=O) groups excluding carboxylic acids is 4. The second-order valence-electron chi connectivity index (χ2n) is 5.46. The number of imide groups is 1. The number of urea groups is 1. The molecule has 1 rings (SSSR count). The largest absolute Gasteiger partial charge is 0.327 e. The zero-order chi connectivity index (χ0) is 17.6. The minimum absolute atomic E-state index is 0.00239. The topological polar surface area (TPSA) is 151 Å². The zero-order valence-corrected chi connectivity index (χ0v) is 13.4. The molecule has 0 aliphatic carbocycles. The minimum Gasteiger partial charge on any atom is -0.312 e. The highest BCUT2D eigenvalue weighted by atomic mass is 16.2. The van der Waals surface area contributed by atoms with Crippen LogP contribution in [0.5, 0.6) is 0 Å². The number of hydrogen-bond donors (Lipinski definition) is 4. The van der Waals surface area contributed by atoms with E-state index in [0.29, 0.717) is 12.8 Å². The fourth-order valence-corrected chi connectivity index (χ4v) is 2.46. The first kappa shape index (κ1) is 18.8. The van der Waals surface area contributed by atoms with E-state index in [-0.39, 0.29) is 25.4 Å². The molecular formula is C13H24N6O4. The Hall–Kier alpha value is -2.20. The third-order valence-electron chi connectivity index (χ3n) is 3.75. The van der Waals surface area contributed by atoms with Gasteiger partial charge in [-0.2, -0.15) is 0 Å². The Kier molecular flexibility index (Phi) is 6.91. The minimum atomic E-state index is -0.623. The summed E-state index contributed by atoms with van der Waals surface area (Å²) in [7, 11) is 0. The van der Waals surface area contributed by atoms with E-state index in [9.17, 15) is 19.2 Å². The first-order valence-corrected chi connectivity index (χ1v) is 7.49. The second kappa shape index (κ2) is 8.44. The van der Waals surface area contributed by atoms with Crippen LogP contribution in [0.25, 0.3) is 0 Å². The van der Waals surface area contributed by atoms with Crippen LogP contribution in [0.2, 0.25) is 0 Å². The predicted molar refractivity (Wildman–Crippen MR) is 81.0 cm³/mol. The summed E-state index contributed by atoms with van der Waals surface area (Å²) in [6.07, 6.45) is 1.20. The second-order valence-corrected chi connectivity index (χ2v) is 5.46. The van der Waals surface area contributed by atoms with Crippen molar-refractivity contribution in [2.24, 2.45) is 17.6 Å². The number of nitrogens with two attached hydrogens (primary N) is 2. The average Bonchev–Trinajstić information content (AvgIpc) is 2.76.